The molecule has 5 heteroatoms. The Morgan fingerprint density at radius 1 is 1.29 bits per heavy atom. The highest BCUT2D eigenvalue weighted by atomic mass is 79.9. The van der Waals surface area contributed by atoms with Crippen LogP contribution in [0.25, 0.3) is 0 Å². The van der Waals surface area contributed by atoms with E-state index in [1.54, 1.807) is 0 Å². The van der Waals surface area contributed by atoms with Gasteiger partial charge in [0, 0.05) is 17.4 Å². The van der Waals surface area contributed by atoms with Gasteiger partial charge in [-0.1, -0.05) is 28.1 Å². The highest BCUT2D eigenvalue weighted by molar-refractivity contribution is 9.10. The zero-order chi connectivity index (χ0) is 12.3. The predicted molar refractivity (Wildman–Crippen MR) is 67.2 cm³/mol. The van der Waals surface area contributed by atoms with Gasteiger partial charge >= 0.3 is 0 Å². The van der Waals surface area contributed by atoms with Crippen molar-refractivity contribution in [3.63, 3.8) is 0 Å². The Bertz CT molecular complexity index is 431. The molecule has 0 spiro atoms. The van der Waals surface area contributed by atoms with Crippen molar-refractivity contribution in [3.8, 4) is 0 Å². The molecule has 90 valence electrons. The monoisotopic (exact) mass is 296 g/mol. The number of rotatable bonds is 3. The van der Waals surface area contributed by atoms with Gasteiger partial charge in [0.1, 0.15) is 0 Å². The van der Waals surface area contributed by atoms with E-state index < -0.39 is 0 Å². The molecule has 2 amide bonds. The maximum atomic E-state index is 11.5. The van der Waals surface area contributed by atoms with E-state index in [0.717, 1.165) is 10.0 Å². The summed E-state index contributed by atoms with van der Waals surface area (Å²) in [6, 6.07) is 7.63. The van der Waals surface area contributed by atoms with Crippen LogP contribution in [0, 0.1) is 0 Å². The molecule has 0 aliphatic carbocycles. The molecule has 1 saturated heterocycles. The van der Waals surface area contributed by atoms with Crippen LogP contribution in [0.3, 0.4) is 0 Å². The summed E-state index contributed by atoms with van der Waals surface area (Å²) < 4.78 is 1.03. The van der Waals surface area contributed by atoms with Crippen LogP contribution in [0.1, 0.15) is 18.4 Å². The summed E-state index contributed by atoms with van der Waals surface area (Å²) in [6.45, 7) is 0.625. The van der Waals surface area contributed by atoms with Crippen molar-refractivity contribution in [2.45, 2.75) is 25.4 Å². The molecular weight excluding hydrogens is 284 g/mol. The third-order valence-corrected chi connectivity index (χ3v) is 3.23. The van der Waals surface area contributed by atoms with Gasteiger partial charge < -0.3 is 5.32 Å². The Kier molecular flexibility index (Phi) is 3.91. The van der Waals surface area contributed by atoms with E-state index in [1.165, 1.54) is 0 Å². The van der Waals surface area contributed by atoms with Crippen molar-refractivity contribution in [2.75, 3.05) is 0 Å². The SMILES string of the molecule is O=C1CCC(NCc2ccc(Br)cc2)C(=O)N1. The summed E-state index contributed by atoms with van der Waals surface area (Å²) in [4.78, 5) is 22.4. The van der Waals surface area contributed by atoms with Crippen LogP contribution in [0.15, 0.2) is 28.7 Å². The number of halogens is 1. The van der Waals surface area contributed by atoms with E-state index >= 15 is 0 Å². The van der Waals surface area contributed by atoms with Gasteiger partial charge in [-0.3, -0.25) is 14.9 Å². The number of hydrogen-bond acceptors (Lipinski definition) is 3. The minimum absolute atomic E-state index is 0.184. The number of piperidine rings is 1. The van der Waals surface area contributed by atoms with Gasteiger partial charge in [-0.05, 0) is 24.1 Å². The largest absolute Gasteiger partial charge is 0.302 e. The van der Waals surface area contributed by atoms with Gasteiger partial charge in [-0.2, -0.15) is 0 Å². The Morgan fingerprint density at radius 2 is 2.00 bits per heavy atom. The average molecular weight is 297 g/mol. The number of carbonyl (C=O) groups excluding carboxylic acids is 2. The summed E-state index contributed by atoms with van der Waals surface area (Å²) >= 11 is 3.37. The third kappa shape index (κ3) is 3.38. The van der Waals surface area contributed by atoms with Crippen LogP contribution >= 0.6 is 15.9 Å². The standard InChI is InChI=1S/C12H13BrN2O2/c13-9-3-1-8(2-4-9)7-14-10-5-6-11(16)15-12(10)17/h1-4,10,14H,5-7H2,(H,15,16,17). The van der Waals surface area contributed by atoms with Crippen LogP contribution < -0.4 is 10.6 Å². The number of hydrogen-bond donors (Lipinski definition) is 2. The first-order valence-electron chi connectivity index (χ1n) is 5.46. The lowest BCUT2D eigenvalue weighted by molar-refractivity contribution is -0.134. The lowest BCUT2D eigenvalue weighted by Crippen LogP contribution is -2.50. The molecule has 0 radical (unpaired) electrons. The van der Waals surface area contributed by atoms with E-state index in [0.29, 0.717) is 19.4 Å². The van der Waals surface area contributed by atoms with Gasteiger partial charge in [-0.25, -0.2) is 0 Å². The minimum atomic E-state index is -0.267. The molecule has 1 atom stereocenters. The summed E-state index contributed by atoms with van der Waals surface area (Å²) in [5.74, 6) is -0.407. The molecule has 1 aromatic rings. The quantitative estimate of drug-likeness (QED) is 0.828. The summed E-state index contributed by atoms with van der Waals surface area (Å²) in [6.07, 6.45) is 0.977. The highest BCUT2D eigenvalue weighted by Crippen LogP contribution is 2.11. The fraction of sp³-hybridized carbons (Fsp3) is 0.333. The van der Waals surface area contributed by atoms with Gasteiger partial charge in [0.15, 0.2) is 0 Å². The molecule has 0 bridgehead atoms. The van der Waals surface area contributed by atoms with Crippen LogP contribution in [-0.4, -0.2) is 17.9 Å². The molecule has 1 aromatic carbocycles. The first-order chi connectivity index (χ1) is 8.15. The molecule has 4 nitrogen and oxygen atoms in total. The predicted octanol–water partition coefficient (Wildman–Crippen LogP) is 1.34. The van der Waals surface area contributed by atoms with E-state index in [-0.39, 0.29) is 17.9 Å². The maximum Gasteiger partial charge on any atom is 0.243 e. The molecule has 1 aliphatic heterocycles. The molecule has 2 N–H and O–H groups in total. The van der Waals surface area contributed by atoms with Crippen molar-refractivity contribution in [3.05, 3.63) is 34.3 Å². The number of benzene rings is 1. The Balaban J connectivity index is 1.88. The van der Waals surface area contributed by atoms with Crippen LogP contribution in [0.2, 0.25) is 0 Å². The molecular formula is C12H13BrN2O2. The van der Waals surface area contributed by atoms with Gasteiger partial charge in [-0.15, -0.1) is 0 Å². The number of nitrogens with one attached hydrogen (secondary N) is 2. The first kappa shape index (κ1) is 12.3. The minimum Gasteiger partial charge on any atom is -0.302 e. The second-order valence-electron chi connectivity index (χ2n) is 4.01. The lowest BCUT2D eigenvalue weighted by Gasteiger charge is -2.21. The van der Waals surface area contributed by atoms with Gasteiger partial charge in [0.05, 0.1) is 6.04 Å². The van der Waals surface area contributed by atoms with Crippen LogP contribution in [0.5, 0.6) is 0 Å². The third-order valence-electron chi connectivity index (χ3n) is 2.71. The van der Waals surface area contributed by atoms with Gasteiger partial charge in [0.25, 0.3) is 0 Å². The van der Waals surface area contributed by atoms with Crippen molar-refractivity contribution < 1.29 is 9.59 Å². The number of amides is 2. The normalized spacial score (nSPS) is 20.2. The second-order valence-corrected chi connectivity index (χ2v) is 4.93. The summed E-state index contributed by atoms with van der Waals surface area (Å²) in [7, 11) is 0. The Hall–Kier alpha value is -1.20. The van der Waals surface area contributed by atoms with Crippen LogP contribution in [0.4, 0.5) is 0 Å². The molecule has 1 aliphatic rings. The first-order valence-corrected chi connectivity index (χ1v) is 6.26. The molecule has 1 fully saturated rings. The van der Waals surface area contributed by atoms with E-state index in [9.17, 15) is 9.59 Å². The smallest absolute Gasteiger partial charge is 0.243 e. The number of imide groups is 1. The number of carbonyl (C=O) groups is 2. The fourth-order valence-electron chi connectivity index (χ4n) is 1.73. The molecule has 17 heavy (non-hydrogen) atoms. The van der Waals surface area contributed by atoms with Crippen molar-refractivity contribution in [2.24, 2.45) is 0 Å². The van der Waals surface area contributed by atoms with E-state index in [1.807, 2.05) is 24.3 Å². The van der Waals surface area contributed by atoms with Crippen molar-refractivity contribution in [1.29, 1.82) is 0 Å². The van der Waals surface area contributed by atoms with Gasteiger partial charge in [0.2, 0.25) is 11.8 Å². The Morgan fingerprint density at radius 3 is 2.65 bits per heavy atom. The molecule has 1 unspecified atom stereocenters. The topological polar surface area (TPSA) is 58.2 Å². The molecule has 1 heterocycles. The van der Waals surface area contributed by atoms with Crippen molar-refractivity contribution in [1.82, 2.24) is 10.6 Å². The lowest BCUT2D eigenvalue weighted by atomic mass is 10.1. The average Bonchev–Trinajstić information content (AvgIpc) is 2.30. The summed E-state index contributed by atoms with van der Waals surface area (Å²) in [5.41, 5.74) is 1.11. The highest BCUT2D eigenvalue weighted by Gasteiger charge is 2.25. The molecule has 0 saturated carbocycles. The summed E-state index contributed by atoms with van der Waals surface area (Å²) in [5, 5.41) is 5.47. The van der Waals surface area contributed by atoms with E-state index in [4.69, 9.17) is 0 Å². The Labute approximate surface area is 108 Å². The zero-order valence-electron chi connectivity index (χ0n) is 9.20. The zero-order valence-corrected chi connectivity index (χ0v) is 10.8. The second kappa shape index (κ2) is 5.42. The van der Waals surface area contributed by atoms with Crippen LogP contribution in [-0.2, 0) is 16.1 Å². The molecule has 2 rings (SSSR count). The molecule has 0 aromatic heterocycles. The maximum absolute atomic E-state index is 11.5. The fourth-order valence-corrected chi connectivity index (χ4v) is 2.00. The van der Waals surface area contributed by atoms with E-state index in [2.05, 4.69) is 26.6 Å². The van der Waals surface area contributed by atoms with Crippen molar-refractivity contribution >= 4 is 27.7 Å².